The number of oxazole rings is 1. The van der Waals surface area contributed by atoms with E-state index in [-0.39, 0.29) is 37.1 Å². The van der Waals surface area contributed by atoms with Gasteiger partial charge in [0, 0.05) is 19.1 Å². The molecule has 0 aromatic carbocycles. The van der Waals surface area contributed by atoms with E-state index in [0.29, 0.717) is 35.7 Å². The van der Waals surface area contributed by atoms with E-state index >= 15 is 0 Å². The van der Waals surface area contributed by atoms with Crippen LogP contribution in [-0.2, 0) is 11.2 Å². The Hall–Kier alpha value is -1.50. The van der Waals surface area contributed by atoms with Crippen LogP contribution in [0.5, 0.6) is 0 Å². The number of nitrogens with one attached hydrogen (secondary N) is 2. The van der Waals surface area contributed by atoms with Crippen molar-refractivity contribution in [1.82, 2.24) is 15.6 Å². The van der Waals surface area contributed by atoms with Gasteiger partial charge in [-0.25, -0.2) is 4.98 Å². The number of nitrogens with zero attached hydrogens (tertiary/aromatic N) is 1. The zero-order valence-corrected chi connectivity index (χ0v) is 17.3. The first kappa shape index (κ1) is 23.5. The summed E-state index contributed by atoms with van der Waals surface area (Å²) in [4.78, 5) is 16.5. The van der Waals surface area contributed by atoms with Crippen LogP contribution in [-0.4, -0.2) is 30.0 Å². The molecule has 2 heterocycles. The predicted octanol–water partition coefficient (Wildman–Crippen LogP) is 4.06. The van der Waals surface area contributed by atoms with E-state index in [9.17, 15) is 4.79 Å². The molecule has 1 aliphatic carbocycles. The van der Waals surface area contributed by atoms with Crippen molar-refractivity contribution in [2.75, 3.05) is 13.1 Å². The van der Waals surface area contributed by atoms with Crippen molar-refractivity contribution in [3.63, 3.8) is 0 Å². The third kappa shape index (κ3) is 7.20. The minimum absolute atomic E-state index is 0. The molecule has 2 aromatic heterocycles. The Bertz CT molecular complexity index is 666. The van der Waals surface area contributed by atoms with Gasteiger partial charge < -0.3 is 19.5 Å². The number of amides is 1. The fraction of sp³-hybridized carbons (Fsp3) is 0.579. The second-order valence-corrected chi connectivity index (χ2v) is 6.67. The highest BCUT2D eigenvalue weighted by Gasteiger charge is 2.16. The largest absolute Gasteiger partial charge is 0.459 e. The normalized spacial score (nSPS) is 14.7. The highest BCUT2D eigenvalue weighted by Crippen LogP contribution is 2.22. The minimum Gasteiger partial charge on any atom is -0.459 e. The van der Waals surface area contributed by atoms with E-state index in [4.69, 9.17) is 8.83 Å². The topological polar surface area (TPSA) is 80.3 Å². The smallest absolute Gasteiger partial charge is 0.263 e. The van der Waals surface area contributed by atoms with Crippen LogP contribution in [0.15, 0.2) is 27.2 Å². The Kier molecular flexibility index (Phi) is 10.5. The lowest BCUT2D eigenvalue weighted by atomic mass is 10.1. The third-order valence-corrected chi connectivity index (χ3v) is 4.69. The molecule has 1 amide bonds. The summed E-state index contributed by atoms with van der Waals surface area (Å²) in [5.41, 5.74) is 0.653. The number of aryl methyl sites for hydroxylation is 1. The van der Waals surface area contributed by atoms with Crippen LogP contribution >= 0.6 is 24.8 Å². The van der Waals surface area contributed by atoms with E-state index < -0.39 is 0 Å². The Labute approximate surface area is 172 Å². The SMILES string of the molecule is Cc1oc(-c2ccco2)nc1CC(=O)NCCNC1CCCCCC1.Cl.Cl. The minimum atomic E-state index is -0.0370. The van der Waals surface area contributed by atoms with Crippen LogP contribution in [0.4, 0.5) is 0 Å². The van der Waals surface area contributed by atoms with Gasteiger partial charge in [0.15, 0.2) is 5.76 Å². The number of carbonyl (C=O) groups excluding carboxylic acids is 1. The molecule has 2 N–H and O–H groups in total. The molecular weight excluding hydrogens is 389 g/mol. The Morgan fingerprint density at radius 3 is 2.59 bits per heavy atom. The molecule has 0 bridgehead atoms. The monoisotopic (exact) mass is 417 g/mol. The zero-order valence-electron chi connectivity index (χ0n) is 15.7. The fourth-order valence-corrected chi connectivity index (χ4v) is 3.27. The molecule has 27 heavy (non-hydrogen) atoms. The van der Waals surface area contributed by atoms with Crippen LogP contribution in [0.25, 0.3) is 11.7 Å². The molecule has 152 valence electrons. The van der Waals surface area contributed by atoms with Crippen LogP contribution in [0, 0.1) is 6.92 Å². The maximum atomic E-state index is 12.1. The lowest BCUT2D eigenvalue weighted by Gasteiger charge is -2.16. The molecule has 1 aliphatic rings. The summed E-state index contributed by atoms with van der Waals surface area (Å²) < 4.78 is 10.9. The summed E-state index contributed by atoms with van der Waals surface area (Å²) in [6.45, 7) is 3.26. The first-order valence-electron chi connectivity index (χ1n) is 9.22. The molecule has 0 unspecified atom stereocenters. The van der Waals surface area contributed by atoms with Crippen LogP contribution in [0.1, 0.15) is 50.0 Å². The average molecular weight is 418 g/mol. The first-order chi connectivity index (χ1) is 12.2. The third-order valence-electron chi connectivity index (χ3n) is 4.69. The first-order valence-corrected chi connectivity index (χ1v) is 9.22. The molecule has 8 heteroatoms. The van der Waals surface area contributed by atoms with Crippen LogP contribution in [0.3, 0.4) is 0 Å². The quantitative estimate of drug-likeness (QED) is 0.524. The standard InChI is InChI=1S/C19H27N3O3.2ClH/c1-14-16(22-19(25-14)17-9-6-12-24-17)13-18(23)21-11-10-20-15-7-4-2-3-5-8-15;;/h6,9,12,15,20H,2-5,7-8,10-11,13H2,1H3,(H,21,23);2*1H. The summed E-state index contributed by atoms with van der Waals surface area (Å²) in [7, 11) is 0. The molecule has 2 aromatic rings. The Morgan fingerprint density at radius 2 is 1.93 bits per heavy atom. The predicted molar refractivity (Wildman–Crippen MR) is 110 cm³/mol. The average Bonchev–Trinajstić information content (AvgIpc) is 3.17. The summed E-state index contributed by atoms with van der Waals surface area (Å²) in [6, 6.07) is 4.17. The molecule has 0 atom stereocenters. The Morgan fingerprint density at radius 1 is 1.19 bits per heavy atom. The molecule has 1 fully saturated rings. The van der Waals surface area contributed by atoms with Gasteiger partial charge in [-0.1, -0.05) is 25.7 Å². The second-order valence-electron chi connectivity index (χ2n) is 6.67. The van der Waals surface area contributed by atoms with Gasteiger partial charge in [-0.3, -0.25) is 4.79 Å². The van der Waals surface area contributed by atoms with Crippen molar-refractivity contribution in [2.45, 2.75) is 57.9 Å². The molecule has 3 rings (SSSR count). The fourth-order valence-electron chi connectivity index (χ4n) is 3.27. The lowest BCUT2D eigenvalue weighted by Crippen LogP contribution is -2.37. The van der Waals surface area contributed by atoms with E-state index in [1.54, 1.807) is 18.4 Å². The summed E-state index contributed by atoms with van der Waals surface area (Å²) in [5.74, 6) is 1.60. The number of halogens is 2. The van der Waals surface area contributed by atoms with Crippen LogP contribution in [0.2, 0.25) is 0 Å². The van der Waals surface area contributed by atoms with Crippen molar-refractivity contribution in [3.05, 3.63) is 29.9 Å². The van der Waals surface area contributed by atoms with Gasteiger partial charge in [0.05, 0.1) is 18.4 Å². The summed E-state index contributed by atoms with van der Waals surface area (Å²) >= 11 is 0. The molecule has 6 nitrogen and oxygen atoms in total. The lowest BCUT2D eigenvalue weighted by molar-refractivity contribution is -0.120. The van der Waals surface area contributed by atoms with E-state index in [2.05, 4.69) is 15.6 Å². The number of rotatable bonds is 7. The molecule has 1 saturated carbocycles. The van der Waals surface area contributed by atoms with Gasteiger partial charge in [0.1, 0.15) is 5.76 Å². The Balaban J connectivity index is 0.00000182. The number of carbonyl (C=O) groups is 1. The number of furan rings is 1. The highest BCUT2D eigenvalue weighted by molar-refractivity contribution is 5.85. The van der Waals surface area contributed by atoms with Crippen molar-refractivity contribution in [2.24, 2.45) is 0 Å². The van der Waals surface area contributed by atoms with Gasteiger partial charge in [-0.05, 0) is 31.9 Å². The molecule has 0 radical (unpaired) electrons. The highest BCUT2D eigenvalue weighted by atomic mass is 35.5. The summed E-state index contributed by atoms with van der Waals surface area (Å²) in [5, 5.41) is 6.50. The van der Waals surface area contributed by atoms with Crippen molar-refractivity contribution >= 4 is 30.7 Å². The second kappa shape index (κ2) is 12.1. The summed E-state index contributed by atoms with van der Waals surface area (Å²) in [6.07, 6.45) is 9.63. The van der Waals surface area contributed by atoms with Gasteiger partial charge >= 0.3 is 0 Å². The van der Waals surface area contributed by atoms with Crippen molar-refractivity contribution in [1.29, 1.82) is 0 Å². The van der Waals surface area contributed by atoms with E-state index in [1.165, 1.54) is 38.5 Å². The molecule has 0 saturated heterocycles. The van der Waals surface area contributed by atoms with Gasteiger partial charge in [-0.2, -0.15) is 0 Å². The molecule has 0 aliphatic heterocycles. The van der Waals surface area contributed by atoms with Crippen molar-refractivity contribution in [3.8, 4) is 11.7 Å². The molecule has 0 spiro atoms. The number of hydrogen-bond acceptors (Lipinski definition) is 5. The van der Waals surface area contributed by atoms with Gasteiger partial charge in [0.2, 0.25) is 5.91 Å². The maximum Gasteiger partial charge on any atom is 0.263 e. The number of aromatic nitrogens is 1. The van der Waals surface area contributed by atoms with E-state index in [0.717, 1.165) is 6.54 Å². The van der Waals surface area contributed by atoms with Crippen molar-refractivity contribution < 1.29 is 13.6 Å². The van der Waals surface area contributed by atoms with Gasteiger partial charge in [-0.15, -0.1) is 24.8 Å². The zero-order chi connectivity index (χ0) is 17.5. The van der Waals surface area contributed by atoms with Gasteiger partial charge in [0.25, 0.3) is 5.89 Å². The number of hydrogen-bond donors (Lipinski definition) is 2. The molecular formula is C19H29Cl2N3O3. The maximum absolute atomic E-state index is 12.1. The van der Waals surface area contributed by atoms with Crippen LogP contribution < -0.4 is 10.6 Å². The van der Waals surface area contributed by atoms with E-state index in [1.807, 2.05) is 6.92 Å².